The lowest BCUT2D eigenvalue weighted by atomic mass is 10.0. The van der Waals surface area contributed by atoms with E-state index in [1.165, 1.54) is 6.07 Å². The highest BCUT2D eigenvalue weighted by Crippen LogP contribution is 2.15. The van der Waals surface area contributed by atoms with E-state index in [-0.39, 0.29) is 24.7 Å². The molecule has 1 aromatic carbocycles. The standard InChI is InChI=1S/C16H21FN2O2/c1-12(2)10-13(11-18)19-16(20)8-5-9-21-15-7-4-3-6-14(15)17/h3-4,6-7,12-13H,5,8-10H2,1-2H3,(H,19,20)/t13-/m1/s1. The van der Waals surface area contributed by atoms with Crippen molar-refractivity contribution in [3.05, 3.63) is 30.1 Å². The zero-order valence-electron chi connectivity index (χ0n) is 12.4. The maximum atomic E-state index is 13.3. The van der Waals surface area contributed by atoms with Crippen LogP contribution in [-0.2, 0) is 4.79 Å². The minimum atomic E-state index is -0.454. The third-order valence-electron chi connectivity index (χ3n) is 2.84. The molecule has 0 saturated carbocycles. The molecule has 114 valence electrons. The van der Waals surface area contributed by atoms with E-state index in [0.29, 0.717) is 18.8 Å². The van der Waals surface area contributed by atoms with E-state index in [1.54, 1.807) is 18.2 Å². The summed E-state index contributed by atoms with van der Waals surface area (Å²) in [6.45, 7) is 4.26. The number of nitrogens with zero attached hydrogens (tertiary/aromatic N) is 1. The van der Waals surface area contributed by atoms with Gasteiger partial charge in [-0.15, -0.1) is 0 Å². The van der Waals surface area contributed by atoms with Crippen LogP contribution in [0.4, 0.5) is 4.39 Å². The lowest BCUT2D eigenvalue weighted by Crippen LogP contribution is -2.34. The average molecular weight is 292 g/mol. The smallest absolute Gasteiger partial charge is 0.221 e. The molecule has 0 fully saturated rings. The van der Waals surface area contributed by atoms with Gasteiger partial charge in [0, 0.05) is 6.42 Å². The Hall–Kier alpha value is -2.09. The maximum Gasteiger partial charge on any atom is 0.221 e. The zero-order valence-corrected chi connectivity index (χ0v) is 12.4. The molecule has 1 N–H and O–H groups in total. The maximum absolute atomic E-state index is 13.3. The first kappa shape index (κ1) is 17.0. The van der Waals surface area contributed by atoms with Crippen molar-refractivity contribution in [1.82, 2.24) is 5.32 Å². The Bertz CT molecular complexity index is 497. The molecule has 1 atom stereocenters. The minimum Gasteiger partial charge on any atom is -0.491 e. The number of ether oxygens (including phenoxy) is 1. The highest BCUT2D eigenvalue weighted by molar-refractivity contribution is 5.76. The van der Waals surface area contributed by atoms with Crippen molar-refractivity contribution in [3.8, 4) is 11.8 Å². The molecule has 5 heteroatoms. The van der Waals surface area contributed by atoms with Gasteiger partial charge in [0.05, 0.1) is 12.7 Å². The molecule has 1 rings (SSSR count). The minimum absolute atomic E-state index is 0.181. The van der Waals surface area contributed by atoms with Gasteiger partial charge in [-0.1, -0.05) is 26.0 Å². The molecule has 0 saturated heterocycles. The van der Waals surface area contributed by atoms with Crippen molar-refractivity contribution >= 4 is 5.91 Å². The number of rotatable bonds is 8. The lowest BCUT2D eigenvalue weighted by Gasteiger charge is -2.13. The summed E-state index contributed by atoms with van der Waals surface area (Å²) >= 11 is 0. The molecule has 21 heavy (non-hydrogen) atoms. The van der Waals surface area contributed by atoms with Crippen LogP contribution in [0.2, 0.25) is 0 Å². The topological polar surface area (TPSA) is 62.1 Å². The largest absolute Gasteiger partial charge is 0.491 e. The fourth-order valence-electron chi connectivity index (χ4n) is 1.86. The number of para-hydroxylation sites is 1. The van der Waals surface area contributed by atoms with Gasteiger partial charge >= 0.3 is 0 Å². The molecule has 4 nitrogen and oxygen atoms in total. The van der Waals surface area contributed by atoms with Crippen molar-refractivity contribution < 1.29 is 13.9 Å². The fourth-order valence-corrected chi connectivity index (χ4v) is 1.86. The second-order valence-corrected chi connectivity index (χ2v) is 5.26. The molecule has 0 radical (unpaired) electrons. The molecule has 1 amide bonds. The highest BCUT2D eigenvalue weighted by atomic mass is 19.1. The highest BCUT2D eigenvalue weighted by Gasteiger charge is 2.12. The van der Waals surface area contributed by atoms with E-state index in [0.717, 1.165) is 0 Å². The van der Waals surface area contributed by atoms with Gasteiger partial charge in [-0.25, -0.2) is 4.39 Å². The number of benzene rings is 1. The summed E-state index contributed by atoms with van der Waals surface area (Å²) in [5.41, 5.74) is 0. The van der Waals surface area contributed by atoms with Crippen LogP contribution in [0, 0.1) is 23.1 Å². The molecule has 0 aliphatic carbocycles. The van der Waals surface area contributed by atoms with Crippen molar-refractivity contribution in [2.24, 2.45) is 5.92 Å². The van der Waals surface area contributed by atoms with Gasteiger partial charge in [-0.2, -0.15) is 5.26 Å². The summed E-state index contributed by atoms with van der Waals surface area (Å²) in [6, 6.07) is 7.77. The van der Waals surface area contributed by atoms with Gasteiger partial charge in [-0.05, 0) is 30.9 Å². The normalized spacial score (nSPS) is 11.8. The summed E-state index contributed by atoms with van der Waals surface area (Å²) in [5.74, 6) is -0.0604. The number of halogens is 1. The van der Waals surface area contributed by atoms with Crippen molar-refractivity contribution in [3.63, 3.8) is 0 Å². The van der Waals surface area contributed by atoms with Crippen molar-refractivity contribution in [2.45, 2.75) is 39.2 Å². The second-order valence-electron chi connectivity index (χ2n) is 5.26. The average Bonchev–Trinajstić information content (AvgIpc) is 2.44. The van der Waals surface area contributed by atoms with Crippen LogP contribution in [0.5, 0.6) is 5.75 Å². The van der Waals surface area contributed by atoms with Crippen LogP contribution in [0.1, 0.15) is 33.1 Å². The number of nitrogens with one attached hydrogen (secondary N) is 1. The Morgan fingerprint density at radius 1 is 1.43 bits per heavy atom. The predicted octanol–water partition coefficient (Wildman–Crippen LogP) is 3.04. The number of nitriles is 1. The van der Waals surface area contributed by atoms with Crippen molar-refractivity contribution in [2.75, 3.05) is 6.61 Å². The molecule has 0 bridgehead atoms. The van der Waals surface area contributed by atoms with Crippen LogP contribution in [0.3, 0.4) is 0 Å². The Morgan fingerprint density at radius 3 is 2.76 bits per heavy atom. The SMILES string of the molecule is CC(C)C[C@H](C#N)NC(=O)CCCOc1ccccc1F. The molecular formula is C16H21FN2O2. The zero-order chi connectivity index (χ0) is 15.7. The lowest BCUT2D eigenvalue weighted by molar-refractivity contribution is -0.121. The van der Waals surface area contributed by atoms with E-state index < -0.39 is 11.9 Å². The first-order chi connectivity index (χ1) is 10.0. The molecule has 0 aliphatic heterocycles. The third-order valence-corrected chi connectivity index (χ3v) is 2.84. The van der Waals surface area contributed by atoms with Crippen molar-refractivity contribution in [1.29, 1.82) is 5.26 Å². The van der Waals surface area contributed by atoms with Crippen LogP contribution in [0.25, 0.3) is 0 Å². The van der Waals surface area contributed by atoms with E-state index in [9.17, 15) is 9.18 Å². The molecule has 0 aromatic heterocycles. The number of hydrogen-bond donors (Lipinski definition) is 1. The van der Waals surface area contributed by atoms with Crippen LogP contribution < -0.4 is 10.1 Å². The fraction of sp³-hybridized carbons (Fsp3) is 0.500. The van der Waals surface area contributed by atoms with Gasteiger partial charge < -0.3 is 10.1 Å². The Balaban J connectivity index is 2.25. The molecule has 0 spiro atoms. The Kier molecular flexibility index (Phi) is 7.24. The van der Waals surface area contributed by atoms with Crippen LogP contribution in [0.15, 0.2) is 24.3 Å². The summed E-state index contributed by atoms with van der Waals surface area (Å²) in [7, 11) is 0. The Labute approximate surface area is 124 Å². The van der Waals surface area contributed by atoms with Crippen LogP contribution in [-0.4, -0.2) is 18.6 Å². The summed E-state index contributed by atoms with van der Waals surface area (Å²) in [6.07, 6.45) is 1.36. The van der Waals surface area contributed by atoms with E-state index in [2.05, 4.69) is 11.4 Å². The second kappa shape index (κ2) is 8.96. The predicted molar refractivity (Wildman–Crippen MR) is 78.1 cm³/mol. The van der Waals surface area contributed by atoms with Gasteiger partial charge in [0.2, 0.25) is 5.91 Å². The third kappa shape index (κ3) is 6.75. The summed E-state index contributed by atoms with van der Waals surface area (Å²) in [4.78, 5) is 11.7. The Morgan fingerprint density at radius 2 is 2.14 bits per heavy atom. The van der Waals surface area contributed by atoms with Gasteiger partial charge in [0.1, 0.15) is 6.04 Å². The number of hydrogen-bond acceptors (Lipinski definition) is 3. The molecule has 0 unspecified atom stereocenters. The van der Waals surface area contributed by atoms with Gasteiger partial charge in [-0.3, -0.25) is 4.79 Å². The van der Waals surface area contributed by atoms with E-state index in [1.807, 2.05) is 13.8 Å². The first-order valence-corrected chi connectivity index (χ1v) is 7.09. The number of carbonyl (C=O) groups is 1. The molecule has 0 aliphatic rings. The summed E-state index contributed by atoms with van der Waals surface area (Å²) < 4.78 is 18.5. The molecular weight excluding hydrogens is 271 g/mol. The van der Waals surface area contributed by atoms with E-state index in [4.69, 9.17) is 10.00 Å². The monoisotopic (exact) mass is 292 g/mol. The van der Waals surface area contributed by atoms with E-state index >= 15 is 0 Å². The number of amides is 1. The quantitative estimate of drug-likeness (QED) is 0.749. The first-order valence-electron chi connectivity index (χ1n) is 7.09. The van der Waals surface area contributed by atoms with Crippen LogP contribution >= 0.6 is 0 Å². The summed E-state index contributed by atoms with van der Waals surface area (Å²) in [5, 5.41) is 11.6. The molecule has 0 heterocycles. The molecule has 1 aromatic rings. The van der Waals surface area contributed by atoms with Gasteiger partial charge in [0.25, 0.3) is 0 Å². The number of carbonyl (C=O) groups excluding carboxylic acids is 1. The van der Waals surface area contributed by atoms with Gasteiger partial charge in [0.15, 0.2) is 11.6 Å².